The molecule has 2 amide bonds. The summed E-state index contributed by atoms with van der Waals surface area (Å²) in [4.78, 5) is 48.0. The maximum Gasteiger partial charge on any atom is 0.433 e. The Morgan fingerprint density at radius 3 is 2.49 bits per heavy atom. The average molecular weight is 656 g/mol. The molecule has 0 aliphatic heterocycles. The number of carbonyl (C=O) groups is 2. The van der Waals surface area contributed by atoms with Crippen LogP contribution >= 0.6 is 11.8 Å². The Balaban J connectivity index is 1.46. The molecule has 1 aromatic heterocycles. The predicted octanol–water partition coefficient (Wildman–Crippen LogP) is 5.72. The van der Waals surface area contributed by atoms with Crippen LogP contribution in [0.25, 0.3) is 11.3 Å². The predicted molar refractivity (Wildman–Crippen MR) is 190 cm³/mol. The molecule has 11 nitrogen and oxygen atoms in total. The molecule has 0 radical (unpaired) electrons. The second kappa shape index (κ2) is 16.5. The van der Waals surface area contributed by atoms with Crippen molar-refractivity contribution in [2.75, 3.05) is 22.5 Å². The third kappa shape index (κ3) is 10.5. The first-order valence-electron chi connectivity index (χ1n) is 15.3. The van der Waals surface area contributed by atoms with Gasteiger partial charge in [0.05, 0.1) is 11.9 Å². The molecule has 12 heteroatoms. The van der Waals surface area contributed by atoms with Crippen LogP contribution < -0.4 is 27.7 Å². The van der Waals surface area contributed by atoms with Gasteiger partial charge in [0.15, 0.2) is 5.82 Å². The minimum Gasteiger partial charge on any atom is -0.443 e. The summed E-state index contributed by atoms with van der Waals surface area (Å²) in [6.45, 7) is 8.14. The molecule has 6 N–H and O–H groups in total. The Kier molecular flexibility index (Phi) is 12.2. The highest BCUT2D eigenvalue weighted by Crippen LogP contribution is 2.29. The zero-order chi connectivity index (χ0) is 33.9. The van der Waals surface area contributed by atoms with E-state index >= 15 is 0 Å². The minimum atomic E-state index is -0.731. The number of aliphatic imine (C=N–C) groups is 1. The molecule has 4 aromatic rings. The Labute approximate surface area is 278 Å². The molecule has 246 valence electrons. The van der Waals surface area contributed by atoms with E-state index in [2.05, 4.69) is 34.5 Å². The van der Waals surface area contributed by atoms with Crippen molar-refractivity contribution in [2.45, 2.75) is 58.3 Å². The molecular weight excluding hydrogens is 614 g/mol. The van der Waals surface area contributed by atoms with Crippen LogP contribution in [0.3, 0.4) is 0 Å². The Hall–Kier alpha value is -5.10. The second-order valence-electron chi connectivity index (χ2n) is 11.7. The molecule has 0 saturated heterocycles. The summed E-state index contributed by atoms with van der Waals surface area (Å²) in [6, 6.07) is 20.1. The van der Waals surface area contributed by atoms with E-state index in [0.717, 1.165) is 21.8 Å². The van der Waals surface area contributed by atoms with Gasteiger partial charge in [0.1, 0.15) is 13.2 Å². The number of hydrogen-bond donors (Lipinski definition) is 4. The summed E-state index contributed by atoms with van der Waals surface area (Å²) in [6.07, 6.45) is 2.20. The quantitative estimate of drug-likeness (QED) is 0.0801. The SMILES string of the molecule is CC(C)CSc1cc(N)cc(-c2cnc(NC(C)C)c(=O)n2CC(=O)NCc2ccc(/C=N\C(=O)OCc3ccccc3)c(N)c2)c1. The normalized spacial score (nSPS) is 11.3. The molecule has 0 fully saturated rings. The maximum atomic E-state index is 13.6. The maximum absolute atomic E-state index is 13.6. The van der Waals surface area contributed by atoms with Crippen molar-refractivity contribution in [2.24, 2.45) is 10.9 Å². The molecule has 0 saturated carbocycles. The first-order chi connectivity index (χ1) is 22.5. The number of anilines is 3. The van der Waals surface area contributed by atoms with Gasteiger partial charge >= 0.3 is 6.09 Å². The fraction of sp³-hybridized carbons (Fsp3) is 0.286. The van der Waals surface area contributed by atoms with Crippen LogP contribution in [0.2, 0.25) is 0 Å². The van der Waals surface area contributed by atoms with Crippen molar-refractivity contribution >= 4 is 47.2 Å². The first kappa shape index (κ1) is 34.8. The lowest BCUT2D eigenvalue weighted by Crippen LogP contribution is -2.35. The van der Waals surface area contributed by atoms with Crippen molar-refractivity contribution in [3.63, 3.8) is 0 Å². The van der Waals surface area contributed by atoms with Crippen molar-refractivity contribution in [3.05, 3.63) is 100.0 Å². The second-order valence-corrected chi connectivity index (χ2v) is 12.8. The lowest BCUT2D eigenvalue weighted by molar-refractivity contribution is -0.121. The number of ether oxygens (including phenoxy) is 1. The van der Waals surface area contributed by atoms with Crippen LogP contribution in [0.15, 0.2) is 87.6 Å². The van der Waals surface area contributed by atoms with Crippen molar-refractivity contribution in [3.8, 4) is 11.3 Å². The van der Waals surface area contributed by atoms with E-state index in [1.165, 1.54) is 10.8 Å². The number of nitrogens with one attached hydrogen (secondary N) is 2. The summed E-state index contributed by atoms with van der Waals surface area (Å²) >= 11 is 1.68. The standard InChI is InChI=1S/C35H41N7O4S/c1-22(2)21-47-29-14-27(13-28(36)15-29)31-18-39-33(41-23(3)4)34(44)42(31)19-32(43)38-16-25-10-11-26(30(37)12-25)17-40-35(45)46-20-24-8-6-5-7-9-24/h5-15,17-18,22-23H,16,19-21,36-37H2,1-4H3,(H,38,43)(H,39,41)/b40-17-. The van der Waals surface area contributed by atoms with Crippen LogP contribution in [0, 0.1) is 5.92 Å². The number of nitrogens with two attached hydrogens (primary N) is 2. The third-order valence-corrected chi connectivity index (χ3v) is 8.15. The molecular formula is C35H41N7O4S. The van der Waals surface area contributed by atoms with Gasteiger partial charge in [-0.05, 0) is 55.2 Å². The zero-order valence-corrected chi connectivity index (χ0v) is 27.8. The highest BCUT2D eigenvalue weighted by Gasteiger charge is 2.17. The van der Waals surface area contributed by atoms with Crippen LogP contribution in [-0.4, -0.2) is 39.6 Å². The third-order valence-electron chi connectivity index (χ3n) is 6.74. The van der Waals surface area contributed by atoms with Crippen LogP contribution in [-0.2, 0) is 29.2 Å². The zero-order valence-electron chi connectivity index (χ0n) is 27.0. The molecule has 0 aliphatic carbocycles. The van der Waals surface area contributed by atoms with E-state index in [1.807, 2.05) is 56.3 Å². The topological polar surface area (TPSA) is 167 Å². The number of aromatic nitrogens is 2. The molecule has 0 unspecified atom stereocenters. The molecule has 4 rings (SSSR count). The van der Waals surface area contributed by atoms with Gasteiger partial charge in [0.25, 0.3) is 5.56 Å². The molecule has 47 heavy (non-hydrogen) atoms. The number of nitrogen functional groups attached to an aromatic ring is 2. The summed E-state index contributed by atoms with van der Waals surface area (Å²) in [5, 5.41) is 5.93. The van der Waals surface area contributed by atoms with Gasteiger partial charge in [-0.25, -0.2) is 9.78 Å². The first-order valence-corrected chi connectivity index (χ1v) is 16.3. The van der Waals surface area contributed by atoms with Gasteiger partial charge in [-0.1, -0.05) is 56.3 Å². The molecule has 0 atom stereocenters. The fourth-order valence-corrected chi connectivity index (χ4v) is 5.45. The number of carbonyl (C=O) groups excluding carboxylic acids is 2. The van der Waals surface area contributed by atoms with Gasteiger partial charge < -0.3 is 26.8 Å². The summed E-state index contributed by atoms with van der Waals surface area (Å²) < 4.78 is 6.57. The highest BCUT2D eigenvalue weighted by molar-refractivity contribution is 7.99. The van der Waals surface area contributed by atoms with E-state index in [1.54, 1.807) is 42.2 Å². The van der Waals surface area contributed by atoms with E-state index in [0.29, 0.717) is 34.1 Å². The van der Waals surface area contributed by atoms with Gasteiger partial charge in [-0.2, -0.15) is 4.99 Å². The lowest BCUT2D eigenvalue weighted by Gasteiger charge is -2.17. The number of thioether (sulfide) groups is 1. The minimum absolute atomic E-state index is 0.0341. The number of nitrogens with zero attached hydrogens (tertiary/aromatic N) is 3. The Morgan fingerprint density at radius 2 is 1.79 bits per heavy atom. The van der Waals surface area contributed by atoms with E-state index < -0.39 is 11.7 Å². The van der Waals surface area contributed by atoms with Crippen molar-refractivity contribution in [1.82, 2.24) is 14.9 Å². The van der Waals surface area contributed by atoms with Crippen LogP contribution in [0.5, 0.6) is 0 Å². The molecule has 0 bridgehead atoms. The van der Waals surface area contributed by atoms with E-state index in [9.17, 15) is 14.4 Å². The lowest BCUT2D eigenvalue weighted by atomic mass is 10.1. The van der Waals surface area contributed by atoms with Gasteiger partial charge in [-0.15, -0.1) is 11.8 Å². The number of amides is 2. The largest absolute Gasteiger partial charge is 0.443 e. The van der Waals surface area contributed by atoms with Crippen LogP contribution in [0.1, 0.15) is 44.4 Å². The van der Waals surface area contributed by atoms with Gasteiger partial charge in [0.2, 0.25) is 5.91 Å². The molecule has 1 heterocycles. The van der Waals surface area contributed by atoms with Crippen molar-refractivity contribution < 1.29 is 14.3 Å². The summed E-state index contributed by atoms with van der Waals surface area (Å²) in [7, 11) is 0. The van der Waals surface area contributed by atoms with Crippen molar-refractivity contribution in [1.29, 1.82) is 0 Å². The van der Waals surface area contributed by atoms with Gasteiger partial charge in [0, 0.05) is 52.0 Å². The average Bonchev–Trinajstić information content (AvgIpc) is 3.03. The molecule has 0 aliphatic rings. The number of hydrogen-bond acceptors (Lipinski definition) is 9. The van der Waals surface area contributed by atoms with E-state index in [4.69, 9.17) is 16.2 Å². The number of rotatable bonds is 13. The Bertz CT molecular complexity index is 1790. The Morgan fingerprint density at radius 1 is 1.02 bits per heavy atom. The smallest absolute Gasteiger partial charge is 0.433 e. The fourth-order valence-electron chi connectivity index (χ4n) is 4.49. The summed E-state index contributed by atoms with van der Waals surface area (Å²) in [5.41, 5.74) is 16.2. The summed E-state index contributed by atoms with van der Waals surface area (Å²) in [5.74, 6) is 1.18. The van der Waals surface area contributed by atoms with E-state index in [-0.39, 0.29) is 37.5 Å². The monoisotopic (exact) mass is 655 g/mol. The van der Waals surface area contributed by atoms with Gasteiger partial charge in [-0.3, -0.25) is 14.2 Å². The highest BCUT2D eigenvalue weighted by atomic mass is 32.2. The number of benzene rings is 3. The molecule has 3 aromatic carbocycles. The molecule has 0 spiro atoms. The van der Waals surface area contributed by atoms with Crippen LogP contribution in [0.4, 0.5) is 22.0 Å².